The highest BCUT2D eigenvalue weighted by molar-refractivity contribution is 7.91. The summed E-state index contributed by atoms with van der Waals surface area (Å²) in [4.78, 5) is 4.34. The first-order chi connectivity index (χ1) is 9.30. The molecule has 110 valence electrons. The first kappa shape index (κ1) is 15.0. The molecule has 1 atom stereocenters. The van der Waals surface area contributed by atoms with Gasteiger partial charge in [-0.3, -0.25) is 4.21 Å². The van der Waals surface area contributed by atoms with E-state index in [-0.39, 0.29) is 10.8 Å². The Kier molecular flexibility index (Phi) is 4.14. The van der Waals surface area contributed by atoms with Crippen molar-refractivity contribution >= 4 is 37.6 Å². The minimum absolute atomic E-state index is 0.180. The second-order valence-electron chi connectivity index (χ2n) is 4.65. The maximum atomic E-state index is 11.7. The van der Waals surface area contributed by atoms with Gasteiger partial charge in [0.1, 0.15) is 5.52 Å². The first-order valence-electron chi connectivity index (χ1n) is 6.05. The van der Waals surface area contributed by atoms with Crippen LogP contribution in [-0.4, -0.2) is 40.4 Å². The number of sulfone groups is 1. The Morgan fingerprint density at radius 2 is 2.10 bits per heavy atom. The van der Waals surface area contributed by atoms with Crippen molar-refractivity contribution in [3.8, 4) is 0 Å². The van der Waals surface area contributed by atoms with Crippen molar-refractivity contribution in [3.05, 3.63) is 18.2 Å². The molecule has 1 heterocycles. The molecule has 1 unspecified atom stereocenters. The molecule has 0 spiro atoms. The fourth-order valence-corrected chi connectivity index (χ4v) is 3.46. The van der Waals surface area contributed by atoms with E-state index in [1.54, 1.807) is 23.0 Å². The molecule has 0 saturated heterocycles. The number of aryl methyl sites for hydroxylation is 1. The van der Waals surface area contributed by atoms with Gasteiger partial charge < -0.3 is 10.3 Å². The summed E-state index contributed by atoms with van der Waals surface area (Å²) in [6, 6.07) is 4.99. The van der Waals surface area contributed by atoms with E-state index in [4.69, 9.17) is 5.73 Å². The van der Waals surface area contributed by atoms with E-state index in [9.17, 15) is 12.6 Å². The number of rotatable bonds is 5. The summed E-state index contributed by atoms with van der Waals surface area (Å²) in [5.74, 6) is 0.850. The van der Waals surface area contributed by atoms with Crippen molar-refractivity contribution in [2.24, 2.45) is 0 Å². The van der Waals surface area contributed by atoms with E-state index < -0.39 is 20.6 Å². The number of nitrogens with two attached hydrogens (primary N) is 1. The first-order valence-corrected chi connectivity index (χ1v) is 9.67. The molecule has 1 aromatic heterocycles. The molecule has 0 aliphatic rings. The van der Waals surface area contributed by atoms with Crippen LogP contribution < -0.4 is 5.73 Å². The summed E-state index contributed by atoms with van der Waals surface area (Å²) in [6.07, 6.45) is 3.50. The fraction of sp³-hybridized carbons (Fsp3) is 0.417. The maximum absolute atomic E-state index is 11.7. The highest BCUT2D eigenvalue weighted by atomic mass is 32.2. The van der Waals surface area contributed by atoms with Gasteiger partial charge in [0.05, 0.1) is 10.4 Å². The standard InChI is InChI=1S/C12H17N3O3S2/c1-19(16)8-4-7-15-9-5-3-6-10(20(2,17)18)11(9)14-12(15)13/h3,5-6H,4,7-8H2,1-2H3,(H2,13,14). The fourth-order valence-electron chi connectivity index (χ4n) is 2.10. The molecule has 0 fully saturated rings. The highest BCUT2D eigenvalue weighted by Crippen LogP contribution is 2.25. The van der Waals surface area contributed by atoms with Crippen LogP contribution in [0.25, 0.3) is 11.0 Å². The van der Waals surface area contributed by atoms with E-state index in [0.29, 0.717) is 29.8 Å². The van der Waals surface area contributed by atoms with Crippen LogP contribution in [-0.2, 0) is 27.2 Å². The topological polar surface area (TPSA) is 95.0 Å². The lowest BCUT2D eigenvalue weighted by Gasteiger charge is -2.06. The molecular weight excluding hydrogens is 298 g/mol. The lowest BCUT2D eigenvalue weighted by Crippen LogP contribution is -2.06. The zero-order chi connectivity index (χ0) is 14.9. The molecule has 0 radical (unpaired) electrons. The van der Waals surface area contributed by atoms with Gasteiger partial charge in [0.25, 0.3) is 0 Å². The van der Waals surface area contributed by atoms with Crippen LogP contribution in [0.3, 0.4) is 0 Å². The summed E-state index contributed by atoms with van der Waals surface area (Å²) in [5, 5.41) is 0. The Morgan fingerprint density at radius 1 is 1.40 bits per heavy atom. The molecule has 20 heavy (non-hydrogen) atoms. The van der Waals surface area contributed by atoms with Crippen molar-refractivity contribution in [2.75, 3.05) is 24.0 Å². The van der Waals surface area contributed by atoms with E-state index in [0.717, 1.165) is 6.26 Å². The van der Waals surface area contributed by atoms with Crippen LogP contribution in [0.2, 0.25) is 0 Å². The second-order valence-corrected chi connectivity index (χ2v) is 8.19. The number of fused-ring (bicyclic) bond motifs is 1. The number of hydrogen-bond acceptors (Lipinski definition) is 5. The molecule has 0 saturated carbocycles. The number of benzene rings is 1. The molecule has 0 aliphatic heterocycles. The zero-order valence-electron chi connectivity index (χ0n) is 11.4. The molecular formula is C12H17N3O3S2. The molecule has 1 aromatic carbocycles. The van der Waals surface area contributed by atoms with E-state index in [1.807, 2.05) is 0 Å². The third-order valence-corrected chi connectivity index (χ3v) is 4.98. The van der Waals surface area contributed by atoms with Gasteiger partial charge in [0, 0.05) is 35.6 Å². The van der Waals surface area contributed by atoms with E-state index in [2.05, 4.69) is 4.98 Å². The molecule has 2 aromatic rings. The van der Waals surface area contributed by atoms with Crippen LogP contribution in [0, 0.1) is 0 Å². The van der Waals surface area contributed by atoms with Gasteiger partial charge in [-0.05, 0) is 18.6 Å². The lowest BCUT2D eigenvalue weighted by atomic mass is 10.3. The van der Waals surface area contributed by atoms with Crippen molar-refractivity contribution in [1.82, 2.24) is 9.55 Å². The number of para-hydroxylation sites is 1. The number of aromatic nitrogens is 2. The Bertz CT molecular complexity index is 766. The average Bonchev–Trinajstić information content (AvgIpc) is 2.64. The Labute approximate surface area is 120 Å². The predicted octanol–water partition coefficient (Wildman–Crippen LogP) is 0.791. The normalized spacial score (nSPS) is 13.7. The minimum atomic E-state index is -3.35. The van der Waals surface area contributed by atoms with Gasteiger partial charge in [-0.2, -0.15) is 0 Å². The van der Waals surface area contributed by atoms with Crippen LogP contribution in [0.15, 0.2) is 23.1 Å². The molecule has 0 amide bonds. The van der Waals surface area contributed by atoms with E-state index in [1.165, 1.54) is 6.07 Å². The molecule has 2 N–H and O–H groups in total. The Morgan fingerprint density at radius 3 is 2.70 bits per heavy atom. The SMILES string of the molecule is CS(=O)CCCn1c(N)nc2c(S(C)(=O)=O)cccc21. The van der Waals surface area contributed by atoms with Gasteiger partial charge in [-0.1, -0.05) is 6.07 Å². The third-order valence-electron chi connectivity index (χ3n) is 2.98. The Hall–Kier alpha value is -1.41. The quantitative estimate of drug-likeness (QED) is 0.880. The third kappa shape index (κ3) is 3.01. The molecule has 8 heteroatoms. The molecule has 0 aliphatic carbocycles. The number of imidazole rings is 1. The number of anilines is 1. The number of nitrogen functional groups attached to an aromatic ring is 1. The Balaban J connectivity index is 2.47. The molecule has 6 nitrogen and oxygen atoms in total. The van der Waals surface area contributed by atoms with Crippen molar-refractivity contribution in [3.63, 3.8) is 0 Å². The van der Waals surface area contributed by atoms with Gasteiger partial charge in [0.15, 0.2) is 9.84 Å². The summed E-state index contributed by atoms with van der Waals surface area (Å²) in [5.41, 5.74) is 6.94. The van der Waals surface area contributed by atoms with Crippen molar-refractivity contribution in [1.29, 1.82) is 0 Å². The zero-order valence-corrected chi connectivity index (χ0v) is 13.0. The second kappa shape index (κ2) is 5.53. The molecule has 2 rings (SSSR count). The number of hydrogen-bond donors (Lipinski definition) is 1. The van der Waals surface area contributed by atoms with Gasteiger partial charge in [-0.15, -0.1) is 0 Å². The van der Waals surface area contributed by atoms with Crippen LogP contribution in [0.4, 0.5) is 5.95 Å². The summed E-state index contributed by atoms with van der Waals surface area (Å²) >= 11 is 0. The van der Waals surface area contributed by atoms with Gasteiger partial charge in [-0.25, -0.2) is 13.4 Å². The monoisotopic (exact) mass is 315 g/mol. The van der Waals surface area contributed by atoms with Crippen molar-refractivity contribution in [2.45, 2.75) is 17.9 Å². The maximum Gasteiger partial charge on any atom is 0.201 e. The largest absolute Gasteiger partial charge is 0.369 e. The van der Waals surface area contributed by atoms with Crippen molar-refractivity contribution < 1.29 is 12.6 Å². The summed E-state index contributed by atoms with van der Waals surface area (Å²) < 4.78 is 36.3. The summed E-state index contributed by atoms with van der Waals surface area (Å²) in [6.45, 7) is 0.565. The highest BCUT2D eigenvalue weighted by Gasteiger charge is 2.17. The van der Waals surface area contributed by atoms with Crippen LogP contribution in [0.5, 0.6) is 0 Å². The van der Waals surface area contributed by atoms with Gasteiger partial charge >= 0.3 is 0 Å². The lowest BCUT2D eigenvalue weighted by molar-refractivity contribution is 0.602. The summed E-state index contributed by atoms with van der Waals surface area (Å²) in [7, 11) is -4.20. The van der Waals surface area contributed by atoms with Gasteiger partial charge in [0.2, 0.25) is 5.95 Å². The number of nitrogens with zero attached hydrogens (tertiary/aromatic N) is 2. The smallest absolute Gasteiger partial charge is 0.201 e. The van der Waals surface area contributed by atoms with E-state index >= 15 is 0 Å². The predicted molar refractivity (Wildman–Crippen MR) is 80.8 cm³/mol. The van der Waals surface area contributed by atoms with Crippen LogP contribution in [0.1, 0.15) is 6.42 Å². The average molecular weight is 315 g/mol. The molecule has 0 bridgehead atoms. The minimum Gasteiger partial charge on any atom is -0.369 e. The van der Waals surface area contributed by atoms with Crippen LogP contribution >= 0.6 is 0 Å².